The Labute approximate surface area is 112 Å². The fourth-order valence-corrected chi connectivity index (χ4v) is 1.96. The second kappa shape index (κ2) is 4.73. The number of hydrogen-bond donors (Lipinski definition) is 1. The van der Waals surface area contributed by atoms with E-state index in [9.17, 15) is 8.78 Å². The van der Waals surface area contributed by atoms with Gasteiger partial charge in [-0.1, -0.05) is 5.16 Å². The van der Waals surface area contributed by atoms with Crippen molar-refractivity contribution < 1.29 is 13.3 Å². The molecule has 2 heterocycles. The molecule has 0 aliphatic rings. The molecular formula is C14H9F2N3O. The first-order valence-electron chi connectivity index (χ1n) is 5.78. The summed E-state index contributed by atoms with van der Waals surface area (Å²) in [4.78, 5) is 3.90. The van der Waals surface area contributed by atoms with Crippen molar-refractivity contribution in [1.82, 2.24) is 10.1 Å². The lowest BCUT2D eigenvalue weighted by Crippen LogP contribution is -1.92. The van der Waals surface area contributed by atoms with Crippen LogP contribution < -0.4 is 5.73 Å². The Kier molecular flexibility index (Phi) is 2.90. The van der Waals surface area contributed by atoms with Crippen molar-refractivity contribution in [1.29, 1.82) is 0 Å². The average Bonchev–Trinajstić information content (AvgIpc) is 2.82. The highest BCUT2D eigenvalue weighted by molar-refractivity contribution is 5.86. The number of pyridine rings is 1. The van der Waals surface area contributed by atoms with Gasteiger partial charge in [0.2, 0.25) is 5.88 Å². The van der Waals surface area contributed by atoms with Crippen LogP contribution in [0, 0.1) is 11.6 Å². The van der Waals surface area contributed by atoms with Crippen LogP contribution in [0.4, 0.5) is 14.7 Å². The molecule has 0 aliphatic heterocycles. The average molecular weight is 273 g/mol. The van der Waals surface area contributed by atoms with Crippen molar-refractivity contribution in [2.75, 3.05) is 5.73 Å². The van der Waals surface area contributed by atoms with Crippen LogP contribution in [0.25, 0.3) is 22.4 Å². The van der Waals surface area contributed by atoms with E-state index in [2.05, 4.69) is 10.1 Å². The molecule has 0 bridgehead atoms. The Bertz CT molecular complexity index is 756. The Hall–Kier alpha value is -2.76. The SMILES string of the molecule is Nc1onc(-c2ccncc2)c1-c1ccc(F)cc1F. The molecule has 0 aliphatic carbocycles. The normalized spacial score (nSPS) is 10.7. The molecule has 4 nitrogen and oxygen atoms in total. The number of halogens is 2. The highest BCUT2D eigenvalue weighted by Gasteiger charge is 2.20. The van der Waals surface area contributed by atoms with E-state index in [1.54, 1.807) is 24.5 Å². The zero-order valence-corrected chi connectivity index (χ0v) is 10.2. The molecule has 0 spiro atoms. The van der Waals surface area contributed by atoms with Crippen LogP contribution >= 0.6 is 0 Å². The van der Waals surface area contributed by atoms with Gasteiger partial charge in [-0.3, -0.25) is 4.98 Å². The van der Waals surface area contributed by atoms with E-state index in [0.29, 0.717) is 16.8 Å². The highest BCUT2D eigenvalue weighted by Crippen LogP contribution is 2.37. The molecular weight excluding hydrogens is 264 g/mol. The summed E-state index contributed by atoms with van der Waals surface area (Å²) in [5, 5.41) is 3.84. The third kappa shape index (κ3) is 2.01. The lowest BCUT2D eigenvalue weighted by atomic mass is 10.0. The monoisotopic (exact) mass is 273 g/mol. The summed E-state index contributed by atoms with van der Waals surface area (Å²) in [6.07, 6.45) is 3.15. The van der Waals surface area contributed by atoms with Crippen molar-refractivity contribution >= 4 is 5.88 Å². The summed E-state index contributed by atoms with van der Waals surface area (Å²) < 4.78 is 31.8. The second-order valence-electron chi connectivity index (χ2n) is 4.13. The zero-order chi connectivity index (χ0) is 14.1. The van der Waals surface area contributed by atoms with Crippen LogP contribution in [-0.2, 0) is 0 Å². The summed E-state index contributed by atoms with van der Waals surface area (Å²) in [6.45, 7) is 0. The molecule has 2 N–H and O–H groups in total. The number of nitrogens with two attached hydrogens (primary N) is 1. The van der Waals surface area contributed by atoms with Gasteiger partial charge in [-0.25, -0.2) is 8.78 Å². The number of anilines is 1. The van der Waals surface area contributed by atoms with Gasteiger partial charge in [0.25, 0.3) is 0 Å². The Balaban J connectivity index is 2.22. The Morgan fingerprint density at radius 1 is 1.05 bits per heavy atom. The maximum atomic E-state index is 13.9. The van der Waals surface area contributed by atoms with Crippen LogP contribution in [0.1, 0.15) is 0 Å². The van der Waals surface area contributed by atoms with E-state index in [0.717, 1.165) is 12.1 Å². The number of hydrogen-bond acceptors (Lipinski definition) is 4. The fraction of sp³-hybridized carbons (Fsp3) is 0. The number of nitrogens with zero attached hydrogens (tertiary/aromatic N) is 2. The van der Waals surface area contributed by atoms with Crippen molar-refractivity contribution in [2.45, 2.75) is 0 Å². The van der Waals surface area contributed by atoms with E-state index < -0.39 is 11.6 Å². The van der Waals surface area contributed by atoms with Crippen LogP contribution in [0.3, 0.4) is 0 Å². The minimum atomic E-state index is -0.727. The first-order valence-corrected chi connectivity index (χ1v) is 5.78. The fourth-order valence-electron chi connectivity index (χ4n) is 1.96. The van der Waals surface area contributed by atoms with Crippen LogP contribution in [-0.4, -0.2) is 10.1 Å². The topological polar surface area (TPSA) is 64.9 Å². The smallest absolute Gasteiger partial charge is 0.230 e. The van der Waals surface area contributed by atoms with Crippen molar-refractivity contribution in [3.8, 4) is 22.4 Å². The number of benzene rings is 1. The zero-order valence-electron chi connectivity index (χ0n) is 10.2. The van der Waals surface area contributed by atoms with Crippen LogP contribution in [0.2, 0.25) is 0 Å². The third-order valence-corrected chi connectivity index (χ3v) is 2.87. The molecule has 3 aromatic rings. The largest absolute Gasteiger partial charge is 0.367 e. The molecule has 1 aromatic carbocycles. The predicted molar refractivity (Wildman–Crippen MR) is 69.5 cm³/mol. The minimum Gasteiger partial charge on any atom is -0.367 e. The second-order valence-corrected chi connectivity index (χ2v) is 4.13. The molecule has 0 unspecified atom stereocenters. The number of nitrogen functional groups attached to an aromatic ring is 1. The summed E-state index contributed by atoms with van der Waals surface area (Å²) in [5.41, 5.74) is 7.21. The molecule has 2 aromatic heterocycles. The van der Waals surface area contributed by atoms with Gasteiger partial charge in [-0.2, -0.15) is 0 Å². The van der Waals surface area contributed by atoms with Gasteiger partial charge in [0.1, 0.15) is 17.3 Å². The molecule has 0 saturated carbocycles. The van der Waals surface area contributed by atoms with Crippen LogP contribution in [0.5, 0.6) is 0 Å². The summed E-state index contributed by atoms with van der Waals surface area (Å²) >= 11 is 0. The van der Waals surface area contributed by atoms with Gasteiger partial charge in [0.05, 0.1) is 5.56 Å². The molecule has 6 heteroatoms. The van der Waals surface area contributed by atoms with Gasteiger partial charge in [0, 0.05) is 29.6 Å². The quantitative estimate of drug-likeness (QED) is 0.778. The van der Waals surface area contributed by atoms with E-state index >= 15 is 0 Å². The summed E-state index contributed by atoms with van der Waals surface area (Å²) in [5.74, 6) is -1.41. The lowest BCUT2D eigenvalue weighted by molar-refractivity contribution is 0.439. The number of aromatic nitrogens is 2. The maximum Gasteiger partial charge on any atom is 0.230 e. The first kappa shape index (κ1) is 12.3. The van der Waals surface area contributed by atoms with Gasteiger partial charge in [-0.05, 0) is 24.3 Å². The van der Waals surface area contributed by atoms with E-state index in [4.69, 9.17) is 10.3 Å². The van der Waals surface area contributed by atoms with Crippen molar-refractivity contribution in [3.05, 3.63) is 54.4 Å². The maximum absolute atomic E-state index is 13.9. The van der Waals surface area contributed by atoms with Crippen molar-refractivity contribution in [3.63, 3.8) is 0 Å². The third-order valence-electron chi connectivity index (χ3n) is 2.87. The van der Waals surface area contributed by atoms with E-state index in [1.807, 2.05) is 0 Å². The standard InChI is InChI=1S/C14H9F2N3O/c15-9-1-2-10(11(16)7-9)12-13(19-20-14(12)17)8-3-5-18-6-4-8/h1-7H,17H2. The Morgan fingerprint density at radius 2 is 1.80 bits per heavy atom. The molecule has 0 saturated heterocycles. The molecule has 100 valence electrons. The molecule has 0 fully saturated rings. The van der Waals surface area contributed by atoms with E-state index in [-0.39, 0.29) is 11.4 Å². The Morgan fingerprint density at radius 3 is 2.50 bits per heavy atom. The highest BCUT2D eigenvalue weighted by atomic mass is 19.1. The molecule has 3 rings (SSSR count). The summed E-state index contributed by atoms with van der Waals surface area (Å²) in [6, 6.07) is 6.64. The molecule has 0 radical (unpaired) electrons. The van der Waals surface area contributed by atoms with Gasteiger partial charge in [0.15, 0.2) is 0 Å². The van der Waals surface area contributed by atoms with E-state index in [1.165, 1.54) is 6.07 Å². The van der Waals surface area contributed by atoms with Crippen LogP contribution in [0.15, 0.2) is 47.2 Å². The van der Waals surface area contributed by atoms with Gasteiger partial charge < -0.3 is 10.3 Å². The minimum absolute atomic E-state index is 0.0256. The van der Waals surface area contributed by atoms with Gasteiger partial charge in [-0.15, -0.1) is 0 Å². The summed E-state index contributed by atoms with van der Waals surface area (Å²) in [7, 11) is 0. The molecule has 0 atom stereocenters. The van der Waals surface area contributed by atoms with Crippen molar-refractivity contribution in [2.24, 2.45) is 0 Å². The first-order chi connectivity index (χ1) is 9.66. The lowest BCUT2D eigenvalue weighted by Gasteiger charge is -2.04. The predicted octanol–water partition coefficient (Wildman–Crippen LogP) is 3.26. The number of rotatable bonds is 2. The molecule has 0 amide bonds. The molecule has 20 heavy (non-hydrogen) atoms. The van der Waals surface area contributed by atoms with Gasteiger partial charge >= 0.3 is 0 Å².